The van der Waals surface area contributed by atoms with Crippen molar-refractivity contribution in [3.05, 3.63) is 29.8 Å². The molecule has 2 rings (SSSR count). The molecule has 1 aromatic rings. The molecular weight excluding hydrogens is 316 g/mol. The second kappa shape index (κ2) is 7.22. The fraction of sp³-hybridized carbons (Fsp3) is 0.462. The molecule has 0 aliphatic carbocycles. The Bertz CT molecular complexity index is 589. The van der Waals surface area contributed by atoms with E-state index in [9.17, 15) is 13.2 Å². The van der Waals surface area contributed by atoms with Crippen LogP contribution < -0.4 is 5.73 Å². The second-order valence-electron chi connectivity index (χ2n) is 4.78. The minimum atomic E-state index is -3.54. The Morgan fingerprint density at radius 3 is 2.48 bits per heavy atom. The highest BCUT2D eigenvalue weighted by molar-refractivity contribution is 7.89. The Kier molecular flexibility index (Phi) is 6.15. The van der Waals surface area contributed by atoms with Gasteiger partial charge in [0.1, 0.15) is 0 Å². The number of esters is 1. The lowest BCUT2D eigenvalue weighted by Gasteiger charge is -2.29. The zero-order valence-corrected chi connectivity index (χ0v) is 13.3. The van der Waals surface area contributed by atoms with Gasteiger partial charge in [-0.05, 0) is 37.1 Å². The number of rotatable bonds is 3. The molecule has 1 fully saturated rings. The third-order valence-corrected chi connectivity index (χ3v) is 5.21. The highest BCUT2D eigenvalue weighted by Gasteiger charge is 2.28. The van der Waals surface area contributed by atoms with Crippen LogP contribution in [0.4, 0.5) is 0 Å². The number of hydrogen-bond acceptors (Lipinski definition) is 5. The molecule has 1 heterocycles. The van der Waals surface area contributed by atoms with Crippen LogP contribution in [0.3, 0.4) is 0 Å². The van der Waals surface area contributed by atoms with Gasteiger partial charge in [0, 0.05) is 19.1 Å². The van der Waals surface area contributed by atoms with Crippen LogP contribution in [0.2, 0.25) is 0 Å². The van der Waals surface area contributed by atoms with Gasteiger partial charge < -0.3 is 10.5 Å². The van der Waals surface area contributed by atoms with Gasteiger partial charge in [-0.3, -0.25) is 0 Å². The number of piperidine rings is 1. The zero-order valence-electron chi connectivity index (χ0n) is 11.7. The van der Waals surface area contributed by atoms with E-state index in [2.05, 4.69) is 4.74 Å². The molecule has 1 saturated heterocycles. The van der Waals surface area contributed by atoms with Crippen molar-refractivity contribution in [2.45, 2.75) is 23.8 Å². The number of carbonyl (C=O) groups excluding carboxylic acids is 1. The molecule has 2 N–H and O–H groups in total. The Labute approximate surface area is 130 Å². The number of carbonyl (C=O) groups is 1. The Morgan fingerprint density at radius 1 is 1.33 bits per heavy atom. The van der Waals surface area contributed by atoms with Gasteiger partial charge in [-0.15, -0.1) is 12.4 Å². The Hall–Kier alpha value is -1.15. The summed E-state index contributed by atoms with van der Waals surface area (Å²) < 4.78 is 30.8. The molecule has 8 heteroatoms. The number of halogens is 1. The van der Waals surface area contributed by atoms with Crippen LogP contribution >= 0.6 is 12.4 Å². The first-order chi connectivity index (χ1) is 9.45. The van der Waals surface area contributed by atoms with E-state index in [0.29, 0.717) is 18.7 Å². The number of methoxy groups -OCH3 is 1. The van der Waals surface area contributed by atoms with E-state index >= 15 is 0 Å². The summed E-state index contributed by atoms with van der Waals surface area (Å²) in [7, 11) is -2.26. The summed E-state index contributed by atoms with van der Waals surface area (Å²) in [6.45, 7) is 0.815. The summed E-state index contributed by atoms with van der Waals surface area (Å²) in [5.74, 6) is -0.492. The van der Waals surface area contributed by atoms with Crippen LogP contribution in [-0.2, 0) is 14.8 Å². The minimum absolute atomic E-state index is 0. The van der Waals surface area contributed by atoms with Crippen LogP contribution in [-0.4, -0.2) is 44.9 Å². The smallest absolute Gasteiger partial charge is 0.337 e. The molecule has 0 unspecified atom stereocenters. The molecule has 1 atom stereocenters. The average Bonchev–Trinajstić information content (AvgIpc) is 2.46. The van der Waals surface area contributed by atoms with E-state index in [4.69, 9.17) is 5.73 Å². The molecule has 6 nitrogen and oxygen atoms in total. The lowest BCUT2D eigenvalue weighted by Crippen LogP contribution is -2.45. The maximum absolute atomic E-state index is 12.4. The molecule has 1 aliphatic rings. The van der Waals surface area contributed by atoms with Crippen molar-refractivity contribution in [2.75, 3.05) is 20.2 Å². The van der Waals surface area contributed by atoms with Gasteiger partial charge in [-0.2, -0.15) is 4.31 Å². The molecule has 0 bridgehead atoms. The molecule has 0 amide bonds. The lowest BCUT2D eigenvalue weighted by molar-refractivity contribution is 0.0600. The van der Waals surface area contributed by atoms with E-state index in [1.807, 2.05) is 0 Å². The third-order valence-electron chi connectivity index (χ3n) is 3.33. The summed E-state index contributed by atoms with van der Waals surface area (Å²) >= 11 is 0. The highest BCUT2D eigenvalue weighted by Crippen LogP contribution is 2.20. The predicted octanol–water partition coefficient (Wildman–Crippen LogP) is 1.01. The lowest BCUT2D eigenvalue weighted by atomic mass is 10.1. The van der Waals surface area contributed by atoms with Gasteiger partial charge in [0.25, 0.3) is 0 Å². The third kappa shape index (κ3) is 3.94. The number of nitrogens with zero attached hydrogens (tertiary/aromatic N) is 1. The van der Waals surface area contributed by atoms with Gasteiger partial charge in [0.05, 0.1) is 17.6 Å². The van der Waals surface area contributed by atoms with Crippen LogP contribution in [0.15, 0.2) is 29.2 Å². The van der Waals surface area contributed by atoms with Crippen molar-refractivity contribution < 1.29 is 17.9 Å². The number of hydrogen-bond donors (Lipinski definition) is 1. The van der Waals surface area contributed by atoms with E-state index in [1.165, 1.54) is 35.7 Å². The van der Waals surface area contributed by atoms with E-state index in [0.717, 1.165) is 12.8 Å². The summed E-state index contributed by atoms with van der Waals surface area (Å²) in [5.41, 5.74) is 6.14. The first-order valence-electron chi connectivity index (χ1n) is 6.39. The molecule has 0 saturated carbocycles. The van der Waals surface area contributed by atoms with Gasteiger partial charge in [-0.25, -0.2) is 13.2 Å². The SMILES string of the molecule is COC(=O)c1ccc(S(=O)(=O)N2CCC[C@@H](N)C2)cc1.Cl. The molecule has 0 radical (unpaired) electrons. The zero-order chi connectivity index (χ0) is 14.8. The number of ether oxygens (including phenoxy) is 1. The monoisotopic (exact) mass is 334 g/mol. The quantitative estimate of drug-likeness (QED) is 0.833. The predicted molar refractivity (Wildman–Crippen MR) is 81.0 cm³/mol. The van der Waals surface area contributed by atoms with Crippen LogP contribution in [0.5, 0.6) is 0 Å². The fourth-order valence-electron chi connectivity index (χ4n) is 2.22. The van der Waals surface area contributed by atoms with Crippen molar-refractivity contribution in [2.24, 2.45) is 5.73 Å². The summed E-state index contributed by atoms with van der Waals surface area (Å²) in [5, 5.41) is 0. The maximum Gasteiger partial charge on any atom is 0.337 e. The van der Waals surface area contributed by atoms with Crippen molar-refractivity contribution in [3.8, 4) is 0 Å². The molecule has 21 heavy (non-hydrogen) atoms. The minimum Gasteiger partial charge on any atom is -0.465 e. The standard InChI is InChI=1S/C13H18N2O4S.ClH/c1-19-13(16)10-4-6-12(7-5-10)20(17,18)15-8-2-3-11(14)9-15;/h4-7,11H,2-3,8-9,14H2,1H3;1H/t11-;/m1./s1. The van der Waals surface area contributed by atoms with Gasteiger partial charge in [0.15, 0.2) is 0 Å². The molecule has 1 aromatic carbocycles. The molecule has 0 aromatic heterocycles. The fourth-order valence-corrected chi connectivity index (χ4v) is 3.76. The average molecular weight is 335 g/mol. The van der Waals surface area contributed by atoms with Crippen molar-refractivity contribution in [1.82, 2.24) is 4.31 Å². The summed E-state index contributed by atoms with van der Waals surface area (Å²) in [6.07, 6.45) is 1.61. The van der Waals surface area contributed by atoms with E-state index in [1.54, 1.807) is 0 Å². The van der Waals surface area contributed by atoms with Crippen LogP contribution in [0.25, 0.3) is 0 Å². The summed E-state index contributed by atoms with van der Waals surface area (Å²) in [4.78, 5) is 11.5. The van der Waals surface area contributed by atoms with Crippen molar-refractivity contribution in [3.63, 3.8) is 0 Å². The van der Waals surface area contributed by atoms with Crippen LogP contribution in [0, 0.1) is 0 Å². The Balaban J connectivity index is 0.00000220. The topological polar surface area (TPSA) is 89.7 Å². The van der Waals surface area contributed by atoms with Gasteiger partial charge in [-0.1, -0.05) is 0 Å². The first-order valence-corrected chi connectivity index (χ1v) is 7.83. The molecule has 0 spiro atoms. The maximum atomic E-state index is 12.4. The number of benzene rings is 1. The summed E-state index contributed by atoms with van der Waals surface area (Å²) in [6, 6.07) is 5.61. The number of nitrogens with two attached hydrogens (primary N) is 1. The number of sulfonamides is 1. The first kappa shape index (κ1) is 17.9. The highest BCUT2D eigenvalue weighted by atomic mass is 35.5. The normalized spacial score (nSPS) is 19.6. The van der Waals surface area contributed by atoms with E-state index < -0.39 is 16.0 Å². The van der Waals surface area contributed by atoms with Crippen molar-refractivity contribution in [1.29, 1.82) is 0 Å². The molecular formula is C13H19ClN2O4S. The molecule has 118 valence electrons. The van der Waals surface area contributed by atoms with E-state index in [-0.39, 0.29) is 23.3 Å². The van der Waals surface area contributed by atoms with Crippen molar-refractivity contribution >= 4 is 28.4 Å². The largest absolute Gasteiger partial charge is 0.465 e. The van der Waals surface area contributed by atoms with Crippen LogP contribution in [0.1, 0.15) is 23.2 Å². The molecule has 1 aliphatic heterocycles. The Morgan fingerprint density at radius 2 is 1.95 bits per heavy atom. The van der Waals surface area contributed by atoms with Gasteiger partial charge >= 0.3 is 5.97 Å². The second-order valence-corrected chi connectivity index (χ2v) is 6.72. The van der Waals surface area contributed by atoms with Gasteiger partial charge in [0.2, 0.25) is 10.0 Å².